The van der Waals surface area contributed by atoms with Gasteiger partial charge in [0.2, 0.25) is 0 Å². The molecule has 0 radical (unpaired) electrons. The Labute approximate surface area is 105 Å². The number of benzene rings is 1. The fourth-order valence-electron chi connectivity index (χ4n) is 1.94. The quantitative estimate of drug-likeness (QED) is 0.724. The van der Waals surface area contributed by atoms with Crippen LogP contribution in [0.2, 0.25) is 0 Å². The van der Waals surface area contributed by atoms with Gasteiger partial charge in [0.05, 0.1) is 7.11 Å². The maximum Gasteiger partial charge on any atom is 0.120 e. The second-order valence-electron chi connectivity index (χ2n) is 4.53. The maximum atomic E-state index is 5.21. The monoisotopic (exact) mass is 235 g/mol. The van der Waals surface area contributed by atoms with Gasteiger partial charge in [0.15, 0.2) is 0 Å². The molecule has 0 aliphatic heterocycles. The lowest BCUT2D eigenvalue weighted by atomic mass is 9.99. The van der Waals surface area contributed by atoms with Crippen molar-refractivity contribution in [3.05, 3.63) is 24.3 Å². The van der Waals surface area contributed by atoms with Crippen LogP contribution < -0.4 is 10.1 Å². The Morgan fingerprint density at radius 2 is 2.12 bits per heavy atom. The van der Waals surface area contributed by atoms with Gasteiger partial charge >= 0.3 is 0 Å². The number of unbranched alkanes of at least 4 members (excludes halogenated alkanes) is 1. The third-order valence-electron chi connectivity index (χ3n) is 3.21. The molecule has 2 nitrogen and oxygen atoms in total. The first kappa shape index (κ1) is 13.9. The SMILES string of the molecule is CCCCC(CC)CNc1cccc(OC)c1. The van der Waals surface area contributed by atoms with Gasteiger partial charge in [-0.1, -0.05) is 39.2 Å². The van der Waals surface area contributed by atoms with E-state index < -0.39 is 0 Å². The standard InChI is InChI=1S/C15H25NO/c1-4-6-8-13(5-2)12-16-14-9-7-10-15(11-14)17-3/h7,9-11,13,16H,4-6,8,12H2,1-3H3. The normalized spacial score (nSPS) is 12.2. The first-order valence-electron chi connectivity index (χ1n) is 6.68. The number of ether oxygens (including phenoxy) is 1. The molecule has 2 heteroatoms. The predicted molar refractivity (Wildman–Crippen MR) is 74.8 cm³/mol. The van der Waals surface area contributed by atoms with E-state index in [0.29, 0.717) is 0 Å². The van der Waals surface area contributed by atoms with Crippen molar-refractivity contribution in [3.8, 4) is 5.75 Å². The van der Waals surface area contributed by atoms with E-state index in [1.165, 1.54) is 25.7 Å². The molecule has 17 heavy (non-hydrogen) atoms. The summed E-state index contributed by atoms with van der Waals surface area (Å²) in [6.07, 6.45) is 5.19. The molecule has 0 heterocycles. The predicted octanol–water partition coefficient (Wildman–Crippen LogP) is 4.32. The summed E-state index contributed by atoms with van der Waals surface area (Å²) >= 11 is 0. The number of methoxy groups -OCH3 is 1. The highest BCUT2D eigenvalue weighted by Gasteiger charge is 2.05. The first-order chi connectivity index (χ1) is 8.30. The lowest BCUT2D eigenvalue weighted by Gasteiger charge is -2.16. The van der Waals surface area contributed by atoms with Gasteiger partial charge in [-0.15, -0.1) is 0 Å². The molecule has 1 aromatic carbocycles. The van der Waals surface area contributed by atoms with Crippen LogP contribution in [0.15, 0.2) is 24.3 Å². The Morgan fingerprint density at radius 1 is 1.29 bits per heavy atom. The molecule has 1 unspecified atom stereocenters. The van der Waals surface area contributed by atoms with Crippen LogP contribution in [-0.2, 0) is 0 Å². The van der Waals surface area contributed by atoms with Crippen molar-refractivity contribution in [2.45, 2.75) is 39.5 Å². The molecule has 1 atom stereocenters. The molecule has 0 saturated carbocycles. The Bertz CT molecular complexity index is 312. The second kappa shape index (κ2) is 7.99. The van der Waals surface area contributed by atoms with Crippen LogP contribution in [0.4, 0.5) is 5.69 Å². The zero-order valence-corrected chi connectivity index (χ0v) is 11.3. The molecule has 0 aromatic heterocycles. The lowest BCUT2D eigenvalue weighted by molar-refractivity contribution is 0.415. The molecule has 0 aliphatic carbocycles. The summed E-state index contributed by atoms with van der Waals surface area (Å²) in [6.45, 7) is 5.58. The largest absolute Gasteiger partial charge is 0.497 e. The van der Waals surface area contributed by atoms with E-state index in [1.807, 2.05) is 18.2 Å². The van der Waals surface area contributed by atoms with Crippen molar-refractivity contribution in [2.24, 2.45) is 5.92 Å². The first-order valence-corrected chi connectivity index (χ1v) is 6.68. The molecule has 1 rings (SSSR count). The fraction of sp³-hybridized carbons (Fsp3) is 0.600. The van der Waals surface area contributed by atoms with Gasteiger partial charge in [-0.2, -0.15) is 0 Å². The summed E-state index contributed by atoms with van der Waals surface area (Å²) in [5.41, 5.74) is 1.15. The number of rotatable bonds is 8. The average Bonchev–Trinajstić information content (AvgIpc) is 2.39. The summed E-state index contributed by atoms with van der Waals surface area (Å²) in [4.78, 5) is 0. The molecule has 1 aromatic rings. The number of anilines is 1. The summed E-state index contributed by atoms with van der Waals surface area (Å²) in [5.74, 6) is 1.69. The van der Waals surface area contributed by atoms with Crippen LogP contribution in [0.5, 0.6) is 5.75 Å². The van der Waals surface area contributed by atoms with Gasteiger partial charge in [-0.3, -0.25) is 0 Å². The van der Waals surface area contributed by atoms with Crippen molar-refractivity contribution in [2.75, 3.05) is 19.0 Å². The fourth-order valence-corrected chi connectivity index (χ4v) is 1.94. The lowest BCUT2D eigenvalue weighted by Crippen LogP contribution is -2.13. The zero-order chi connectivity index (χ0) is 12.5. The van der Waals surface area contributed by atoms with Crippen molar-refractivity contribution >= 4 is 5.69 Å². The zero-order valence-electron chi connectivity index (χ0n) is 11.3. The smallest absolute Gasteiger partial charge is 0.120 e. The number of nitrogens with one attached hydrogen (secondary N) is 1. The highest BCUT2D eigenvalue weighted by molar-refractivity contribution is 5.48. The molecular formula is C15H25NO. The maximum absolute atomic E-state index is 5.21. The van der Waals surface area contributed by atoms with Gasteiger partial charge in [0.25, 0.3) is 0 Å². The second-order valence-corrected chi connectivity index (χ2v) is 4.53. The van der Waals surface area contributed by atoms with E-state index in [0.717, 1.165) is 23.9 Å². The molecule has 0 saturated heterocycles. The van der Waals surface area contributed by atoms with Gasteiger partial charge in [-0.05, 0) is 24.5 Å². The highest BCUT2D eigenvalue weighted by Crippen LogP contribution is 2.18. The molecule has 0 bridgehead atoms. The average molecular weight is 235 g/mol. The Kier molecular flexibility index (Phi) is 6.53. The third-order valence-corrected chi connectivity index (χ3v) is 3.21. The minimum Gasteiger partial charge on any atom is -0.497 e. The molecule has 96 valence electrons. The summed E-state index contributed by atoms with van der Waals surface area (Å²) in [5, 5.41) is 3.50. The Hall–Kier alpha value is -1.18. The van der Waals surface area contributed by atoms with E-state index in [2.05, 4.69) is 25.2 Å². The van der Waals surface area contributed by atoms with Crippen molar-refractivity contribution in [1.29, 1.82) is 0 Å². The van der Waals surface area contributed by atoms with Gasteiger partial charge in [0.1, 0.15) is 5.75 Å². The van der Waals surface area contributed by atoms with Crippen LogP contribution >= 0.6 is 0 Å². The minimum atomic E-state index is 0.779. The highest BCUT2D eigenvalue weighted by atomic mass is 16.5. The molecule has 0 spiro atoms. The molecular weight excluding hydrogens is 210 g/mol. The van der Waals surface area contributed by atoms with Crippen molar-refractivity contribution in [1.82, 2.24) is 0 Å². The van der Waals surface area contributed by atoms with E-state index in [-0.39, 0.29) is 0 Å². The van der Waals surface area contributed by atoms with Gasteiger partial charge in [0, 0.05) is 18.3 Å². The Morgan fingerprint density at radius 3 is 2.76 bits per heavy atom. The van der Waals surface area contributed by atoms with E-state index in [9.17, 15) is 0 Å². The van der Waals surface area contributed by atoms with Gasteiger partial charge < -0.3 is 10.1 Å². The number of hydrogen-bond donors (Lipinski definition) is 1. The topological polar surface area (TPSA) is 21.3 Å². The summed E-state index contributed by atoms with van der Waals surface area (Å²) in [7, 11) is 1.70. The van der Waals surface area contributed by atoms with E-state index in [1.54, 1.807) is 7.11 Å². The Balaban J connectivity index is 2.41. The molecule has 0 amide bonds. The van der Waals surface area contributed by atoms with Crippen LogP contribution in [0, 0.1) is 5.92 Å². The van der Waals surface area contributed by atoms with Crippen molar-refractivity contribution in [3.63, 3.8) is 0 Å². The van der Waals surface area contributed by atoms with Crippen LogP contribution in [0.1, 0.15) is 39.5 Å². The van der Waals surface area contributed by atoms with Gasteiger partial charge in [-0.25, -0.2) is 0 Å². The summed E-state index contributed by atoms with van der Waals surface area (Å²) < 4.78 is 5.21. The molecule has 0 aliphatic rings. The van der Waals surface area contributed by atoms with Crippen LogP contribution in [-0.4, -0.2) is 13.7 Å². The van der Waals surface area contributed by atoms with E-state index >= 15 is 0 Å². The number of hydrogen-bond acceptors (Lipinski definition) is 2. The molecule has 0 fully saturated rings. The third kappa shape index (κ3) is 5.12. The van der Waals surface area contributed by atoms with Crippen LogP contribution in [0.25, 0.3) is 0 Å². The molecule has 1 N–H and O–H groups in total. The van der Waals surface area contributed by atoms with Crippen LogP contribution in [0.3, 0.4) is 0 Å². The minimum absolute atomic E-state index is 0.779. The summed E-state index contributed by atoms with van der Waals surface area (Å²) in [6, 6.07) is 8.13. The van der Waals surface area contributed by atoms with Crippen molar-refractivity contribution < 1.29 is 4.74 Å². The van der Waals surface area contributed by atoms with E-state index in [4.69, 9.17) is 4.74 Å².